The van der Waals surface area contributed by atoms with Crippen molar-refractivity contribution in [1.82, 2.24) is 4.98 Å². The maximum atomic E-state index is 9.07. The predicted molar refractivity (Wildman–Crippen MR) is 63.3 cm³/mol. The molecule has 0 aliphatic heterocycles. The molecule has 1 N–H and O–H groups in total. The van der Waals surface area contributed by atoms with Gasteiger partial charge in [0, 0.05) is 14.5 Å². The number of nitrogens with zero attached hydrogens (tertiary/aromatic N) is 1. The summed E-state index contributed by atoms with van der Waals surface area (Å²) in [4.78, 5) is 3.93. The van der Waals surface area contributed by atoms with Gasteiger partial charge in [0.2, 0.25) is 0 Å². The highest BCUT2D eigenvalue weighted by molar-refractivity contribution is 9.11. The molecule has 1 aromatic carbocycles. The summed E-state index contributed by atoms with van der Waals surface area (Å²) < 4.78 is 7.11. The Kier molecular flexibility index (Phi) is 3.23. The van der Waals surface area contributed by atoms with Crippen LogP contribution >= 0.6 is 31.9 Å². The number of hydrogen-bond donors (Lipinski definition) is 1. The summed E-state index contributed by atoms with van der Waals surface area (Å²) in [6.07, 6.45) is 1.33. The number of aromatic nitrogens is 1. The third-order valence-electron chi connectivity index (χ3n) is 1.97. The Labute approximate surface area is 103 Å². The fourth-order valence-corrected chi connectivity index (χ4v) is 2.50. The summed E-state index contributed by atoms with van der Waals surface area (Å²) in [6.45, 7) is -0.131. The van der Waals surface area contributed by atoms with Crippen LogP contribution in [0.5, 0.6) is 0 Å². The zero-order chi connectivity index (χ0) is 10.8. The van der Waals surface area contributed by atoms with Crippen molar-refractivity contribution in [3.05, 3.63) is 39.2 Å². The molecule has 0 saturated carbocycles. The average Bonchev–Trinajstić information content (AvgIpc) is 2.65. The Hall–Kier alpha value is -0.650. The molecule has 0 spiro atoms. The van der Waals surface area contributed by atoms with E-state index in [4.69, 9.17) is 9.52 Å². The van der Waals surface area contributed by atoms with Crippen LogP contribution in [0.25, 0.3) is 11.3 Å². The van der Waals surface area contributed by atoms with Crippen LogP contribution in [-0.2, 0) is 6.61 Å². The molecule has 0 radical (unpaired) electrons. The van der Waals surface area contributed by atoms with Gasteiger partial charge in [-0.25, -0.2) is 4.98 Å². The van der Waals surface area contributed by atoms with Crippen LogP contribution in [0.3, 0.4) is 0 Å². The minimum atomic E-state index is -0.131. The summed E-state index contributed by atoms with van der Waals surface area (Å²) in [5.74, 6) is 0.594. The predicted octanol–water partition coefficient (Wildman–Crippen LogP) is 3.36. The highest BCUT2D eigenvalue weighted by Gasteiger charge is 2.12. The first-order chi connectivity index (χ1) is 7.22. The van der Waals surface area contributed by atoms with Crippen LogP contribution < -0.4 is 0 Å². The van der Waals surface area contributed by atoms with E-state index in [-0.39, 0.29) is 6.61 Å². The lowest BCUT2D eigenvalue weighted by atomic mass is 10.1. The highest BCUT2D eigenvalue weighted by Crippen LogP contribution is 2.32. The van der Waals surface area contributed by atoms with Gasteiger partial charge in [-0.15, -0.1) is 0 Å². The largest absolute Gasteiger partial charge is 0.443 e. The number of benzene rings is 1. The first-order valence-corrected chi connectivity index (χ1v) is 5.79. The van der Waals surface area contributed by atoms with Gasteiger partial charge in [0.15, 0.2) is 12.2 Å². The van der Waals surface area contributed by atoms with Gasteiger partial charge in [0.05, 0.1) is 6.61 Å². The maximum Gasteiger partial charge on any atom is 0.181 e. The fraction of sp³-hybridized carbons (Fsp3) is 0.100. The van der Waals surface area contributed by atoms with E-state index in [1.807, 2.05) is 18.2 Å². The summed E-state index contributed by atoms with van der Waals surface area (Å²) in [7, 11) is 0. The monoisotopic (exact) mass is 331 g/mol. The minimum Gasteiger partial charge on any atom is -0.443 e. The third-order valence-corrected chi connectivity index (χ3v) is 3.12. The number of oxazole rings is 1. The molecule has 0 bridgehead atoms. The van der Waals surface area contributed by atoms with Crippen LogP contribution in [0.15, 0.2) is 38.0 Å². The van der Waals surface area contributed by atoms with E-state index >= 15 is 0 Å². The van der Waals surface area contributed by atoms with Crippen molar-refractivity contribution >= 4 is 31.9 Å². The lowest BCUT2D eigenvalue weighted by Crippen LogP contribution is -1.87. The van der Waals surface area contributed by atoms with Gasteiger partial charge in [-0.3, -0.25) is 0 Å². The molecule has 0 atom stereocenters. The highest BCUT2D eigenvalue weighted by atomic mass is 79.9. The van der Waals surface area contributed by atoms with Crippen molar-refractivity contribution in [2.45, 2.75) is 6.61 Å². The standard InChI is InChI=1S/C10H7Br2NO2/c11-6-1-2-7(8(12)3-6)10-9(4-14)13-5-15-10/h1-3,5,14H,4H2. The smallest absolute Gasteiger partial charge is 0.181 e. The molecule has 78 valence electrons. The van der Waals surface area contributed by atoms with Crippen molar-refractivity contribution in [1.29, 1.82) is 0 Å². The Morgan fingerprint density at radius 3 is 2.80 bits per heavy atom. The van der Waals surface area contributed by atoms with Crippen LogP contribution in [0.4, 0.5) is 0 Å². The molecule has 0 fully saturated rings. The molecule has 5 heteroatoms. The van der Waals surface area contributed by atoms with E-state index in [0.29, 0.717) is 11.5 Å². The van der Waals surface area contributed by atoms with Gasteiger partial charge < -0.3 is 9.52 Å². The van der Waals surface area contributed by atoms with Gasteiger partial charge in [0.1, 0.15) is 5.69 Å². The van der Waals surface area contributed by atoms with E-state index < -0.39 is 0 Å². The second-order valence-corrected chi connectivity index (χ2v) is 4.68. The van der Waals surface area contributed by atoms with Gasteiger partial charge >= 0.3 is 0 Å². The molecular formula is C10H7Br2NO2. The van der Waals surface area contributed by atoms with Gasteiger partial charge in [-0.2, -0.15) is 0 Å². The molecule has 0 aliphatic rings. The SMILES string of the molecule is OCc1ncoc1-c1ccc(Br)cc1Br. The summed E-state index contributed by atoms with van der Waals surface area (Å²) in [5.41, 5.74) is 1.41. The third kappa shape index (κ3) is 2.14. The van der Waals surface area contributed by atoms with Crippen molar-refractivity contribution in [2.75, 3.05) is 0 Å². The first kappa shape index (κ1) is 10.9. The van der Waals surface area contributed by atoms with E-state index in [1.165, 1.54) is 6.39 Å². The lowest BCUT2D eigenvalue weighted by molar-refractivity contribution is 0.277. The quantitative estimate of drug-likeness (QED) is 0.917. The first-order valence-electron chi connectivity index (χ1n) is 4.21. The molecule has 3 nitrogen and oxygen atoms in total. The summed E-state index contributed by atoms with van der Waals surface area (Å²) >= 11 is 6.80. The molecular weight excluding hydrogens is 326 g/mol. The molecule has 2 aromatic rings. The minimum absolute atomic E-state index is 0.131. The zero-order valence-electron chi connectivity index (χ0n) is 7.58. The van der Waals surface area contributed by atoms with E-state index in [9.17, 15) is 0 Å². The lowest BCUT2D eigenvalue weighted by Gasteiger charge is -2.02. The van der Waals surface area contributed by atoms with Gasteiger partial charge in [0.25, 0.3) is 0 Å². The topological polar surface area (TPSA) is 46.3 Å². The van der Waals surface area contributed by atoms with E-state index in [1.54, 1.807) is 0 Å². The van der Waals surface area contributed by atoms with Crippen molar-refractivity contribution in [2.24, 2.45) is 0 Å². The number of rotatable bonds is 2. The molecule has 0 saturated heterocycles. The summed E-state index contributed by atoms with van der Waals surface area (Å²) in [5, 5.41) is 9.07. The van der Waals surface area contributed by atoms with E-state index in [0.717, 1.165) is 14.5 Å². The van der Waals surface area contributed by atoms with Crippen LogP contribution in [0.2, 0.25) is 0 Å². The number of halogens is 2. The average molecular weight is 333 g/mol. The Morgan fingerprint density at radius 2 is 2.13 bits per heavy atom. The Balaban J connectivity index is 2.54. The van der Waals surface area contributed by atoms with Crippen LogP contribution in [-0.4, -0.2) is 10.1 Å². The van der Waals surface area contributed by atoms with Crippen molar-refractivity contribution in [3.8, 4) is 11.3 Å². The van der Waals surface area contributed by atoms with E-state index in [2.05, 4.69) is 36.8 Å². The number of hydrogen-bond acceptors (Lipinski definition) is 3. The Morgan fingerprint density at radius 1 is 1.33 bits per heavy atom. The molecule has 1 heterocycles. The Bertz CT molecular complexity index is 482. The second-order valence-electron chi connectivity index (χ2n) is 2.91. The van der Waals surface area contributed by atoms with Crippen molar-refractivity contribution < 1.29 is 9.52 Å². The van der Waals surface area contributed by atoms with Crippen LogP contribution in [0, 0.1) is 0 Å². The van der Waals surface area contributed by atoms with Gasteiger partial charge in [-0.1, -0.05) is 15.9 Å². The normalized spacial score (nSPS) is 10.6. The molecule has 15 heavy (non-hydrogen) atoms. The molecule has 0 aliphatic carbocycles. The molecule has 1 aromatic heterocycles. The molecule has 0 unspecified atom stereocenters. The molecule has 2 rings (SSSR count). The number of aliphatic hydroxyl groups excluding tert-OH is 1. The van der Waals surface area contributed by atoms with Crippen molar-refractivity contribution in [3.63, 3.8) is 0 Å². The number of aliphatic hydroxyl groups is 1. The summed E-state index contributed by atoms with van der Waals surface area (Å²) in [6, 6.07) is 5.72. The fourth-order valence-electron chi connectivity index (χ4n) is 1.27. The molecule has 0 amide bonds. The van der Waals surface area contributed by atoms with Gasteiger partial charge in [-0.05, 0) is 34.1 Å². The second kappa shape index (κ2) is 4.47. The zero-order valence-corrected chi connectivity index (χ0v) is 10.7. The maximum absolute atomic E-state index is 9.07. The van der Waals surface area contributed by atoms with Crippen LogP contribution in [0.1, 0.15) is 5.69 Å².